The van der Waals surface area contributed by atoms with Crippen LogP contribution in [-0.2, 0) is 11.2 Å². The lowest BCUT2D eigenvalue weighted by molar-refractivity contribution is -0.134. The Balaban J connectivity index is 0.875. The number of pyridine rings is 1. The Morgan fingerprint density at radius 2 is 1.79 bits per heavy atom. The van der Waals surface area contributed by atoms with E-state index >= 15 is 0 Å². The number of hydrogen-bond donors (Lipinski definition) is 0. The van der Waals surface area contributed by atoms with Gasteiger partial charge in [-0.15, -0.1) is 0 Å². The van der Waals surface area contributed by atoms with Gasteiger partial charge in [-0.3, -0.25) is 9.78 Å². The van der Waals surface area contributed by atoms with Gasteiger partial charge in [0.05, 0.1) is 30.4 Å². The third kappa shape index (κ3) is 5.93. The smallest absolute Gasteiger partial charge is 0.227 e. The number of ether oxygens (including phenoxy) is 1. The summed E-state index contributed by atoms with van der Waals surface area (Å²) < 4.78 is 6.04. The van der Waals surface area contributed by atoms with Gasteiger partial charge in [0.25, 0.3) is 0 Å². The van der Waals surface area contributed by atoms with Gasteiger partial charge in [-0.1, -0.05) is 29.8 Å². The van der Waals surface area contributed by atoms with Gasteiger partial charge in [0.2, 0.25) is 11.9 Å². The van der Waals surface area contributed by atoms with E-state index in [1.165, 1.54) is 24.8 Å². The van der Waals surface area contributed by atoms with Crippen molar-refractivity contribution in [1.29, 1.82) is 0 Å². The minimum absolute atomic E-state index is 0.185. The van der Waals surface area contributed by atoms with Crippen molar-refractivity contribution in [2.24, 2.45) is 17.8 Å². The van der Waals surface area contributed by atoms with Crippen molar-refractivity contribution in [1.82, 2.24) is 19.9 Å². The monoisotopic (exact) mass is 531 g/mol. The number of piperidine rings is 1. The predicted molar refractivity (Wildman–Crippen MR) is 147 cm³/mol. The normalized spacial score (nSPS) is 21.7. The molecule has 0 N–H and O–H groups in total. The molecule has 1 saturated carbocycles. The number of nitrogens with zero attached hydrogens (tertiary/aromatic N) is 5. The number of anilines is 1. The van der Waals surface area contributed by atoms with Gasteiger partial charge >= 0.3 is 0 Å². The number of likely N-dealkylation sites (tertiary alicyclic amines) is 1. The molecule has 1 amide bonds. The molecule has 198 valence electrons. The van der Waals surface area contributed by atoms with Crippen LogP contribution in [0.4, 0.5) is 5.95 Å². The number of amides is 1. The van der Waals surface area contributed by atoms with E-state index in [-0.39, 0.29) is 5.91 Å². The highest BCUT2D eigenvalue weighted by Gasteiger charge is 2.43. The standard InChI is InChI=1S/C30H34ClN5O2/c31-26-17-33-30(34-18-26)35-11-7-22(8-12-35)28-15-23(28)9-13-38-27-5-3-21(4-6-27)14-29(37)36-19-25(20-36)24-2-1-10-32-16-24/h1-6,10,16-18,22-23,25,28H,7-9,11-15,19-20H2/t23-,28-/m1/s1. The predicted octanol–water partition coefficient (Wildman–Crippen LogP) is 5.02. The topological polar surface area (TPSA) is 71.5 Å². The molecule has 3 aromatic rings. The zero-order valence-corrected chi connectivity index (χ0v) is 22.3. The quantitative estimate of drug-likeness (QED) is 0.386. The zero-order chi connectivity index (χ0) is 25.9. The molecule has 7 nitrogen and oxygen atoms in total. The largest absolute Gasteiger partial charge is 0.494 e. The molecule has 1 aliphatic carbocycles. The third-order valence-corrected chi connectivity index (χ3v) is 8.63. The molecule has 3 fully saturated rings. The van der Waals surface area contributed by atoms with Crippen LogP contribution >= 0.6 is 11.6 Å². The maximum atomic E-state index is 12.6. The van der Waals surface area contributed by atoms with Crippen molar-refractivity contribution in [3.05, 3.63) is 77.3 Å². The van der Waals surface area contributed by atoms with Crippen molar-refractivity contribution in [3.63, 3.8) is 0 Å². The van der Waals surface area contributed by atoms with Crippen LogP contribution in [0.1, 0.15) is 42.7 Å². The molecule has 0 unspecified atom stereocenters. The Morgan fingerprint density at radius 1 is 1.03 bits per heavy atom. The van der Waals surface area contributed by atoms with Gasteiger partial charge in [-0.05, 0) is 72.8 Å². The summed E-state index contributed by atoms with van der Waals surface area (Å²) in [5.74, 6) is 4.68. The van der Waals surface area contributed by atoms with Gasteiger partial charge in [0.1, 0.15) is 5.75 Å². The second-order valence-electron chi connectivity index (χ2n) is 10.9. The van der Waals surface area contributed by atoms with E-state index in [1.807, 2.05) is 41.4 Å². The highest BCUT2D eigenvalue weighted by Crippen LogP contribution is 2.49. The number of hydrogen-bond acceptors (Lipinski definition) is 6. The number of carbonyl (C=O) groups excluding carboxylic acids is 1. The van der Waals surface area contributed by atoms with E-state index in [4.69, 9.17) is 16.3 Å². The lowest BCUT2D eigenvalue weighted by Crippen LogP contribution is -2.49. The molecule has 8 heteroatoms. The molecule has 6 rings (SSSR count). The summed E-state index contributed by atoms with van der Waals surface area (Å²) >= 11 is 5.91. The van der Waals surface area contributed by atoms with Crippen LogP contribution in [0.5, 0.6) is 5.75 Å². The summed E-state index contributed by atoms with van der Waals surface area (Å²) in [5, 5.41) is 0.579. The average Bonchev–Trinajstić information content (AvgIpc) is 3.70. The lowest BCUT2D eigenvalue weighted by Gasteiger charge is -2.39. The number of benzene rings is 1. The molecule has 1 aromatic carbocycles. The molecule has 0 radical (unpaired) electrons. The van der Waals surface area contributed by atoms with Crippen LogP contribution in [-0.4, -0.2) is 58.5 Å². The summed E-state index contributed by atoms with van der Waals surface area (Å²) in [5.41, 5.74) is 2.25. The number of carbonyl (C=O) groups is 1. The van der Waals surface area contributed by atoms with Crippen molar-refractivity contribution < 1.29 is 9.53 Å². The van der Waals surface area contributed by atoms with E-state index in [1.54, 1.807) is 18.6 Å². The summed E-state index contributed by atoms with van der Waals surface area (Å²) in [6.07, 6.45) is 12.3. The van der Waals surface area contributed by atoms with Crippen LogP contribution < -0.4 is 9.64 Å². The fourth-order valence-electron chi connectivity index (χ4n) is 6.01. The molecule has 2 saturated heterocycles. The molecule has 4 heterocycles. The Labute approximate surface area is 229 Å². The summed E-state index contributed by atoms with van der Waals surface area (Å²) in [6.45, 7) is 4.35. The summed E-state index contributed by atoms with van der Waals surface area (Å²) in [7, 11) is 0. The molecule has 2 atom stereocenters. The minimum Gasteiger partial charge on any atom is -0.494 e. The highest BCUT2D eigenvalue weighted by molar-refractivity contribution is 6.30. The third-order valence-electron chi connectivity index (χ3n) is 8.44. The molecule has 38 heavy (non-hydrogen) atoms. The number of rotatable bonds is 9. The van der Waals surface area contributed by atoms with E-state index in [0.29, 0.717) is 17.4 Å². The molecular formula is C30H34ClN5O2. The average molecular weight is 532 g/mol. The van der Waals surface area contributed by atoms with Crippen LogP contribution in [0.2, 0.25) is 5.02 Å². The molecule has 2 aromatic heterocycles. The van der Waals surface area contributed by atoms with E-state index in [2.05, 4.69) is 25.9 Å². The first-order valence-corrected chi connectivity index (χ1v) is 14.1. The van der Waals surface area contributed by atoms with Crippen LogP contribution in [0.25, 0.3) is 0 Å². The van der Waals surface area contributed by atoms with E-state index in [0.717, 1.165) is 74.2 Å². The van der Waals surface area contributed by atoms with Crippen molar-refractivity contribution in [2.75, 3.05) is 37.7 Å². The molecule has 2 aliphatic heterocycles. The maximum Gasteiger partial charge on any atom is 0.227 e. The van der Waals surface area contributed by atoms with Crippen molar-refractivity contribution >= 4 is 23.5 Å². The minimum atomic E-state index is 0.185. The zero-order valence-electron chi connectivity index (χ0n) is 21.6. The fourth-order valence-corrected chi connectivity index (χ4v) is 6.10. The fraction of sp³-hybridized carbons (Fsp3) is 0.467. The van der Waals surface area contributed by atoms with Gasteiger partial charge in [0.15, 0.2) is 0 Å². The Morgan fingerprint density at radius 3 is 2.50 bits per heavy atom. The first-order valence-electron chi connectivity index (χ1n) is 13.7. The second-order valence-corrected chi connectivity index (χ2v) is 11.4. The molecule has 0 spiro atoms. The lowest BCUT2D eigenvalue weighted by atomic mass is 9.90. The first kappa shape index (κ1) is 25.1. The highest BCUT2D eigenvalue weighted by atomic mass is 35.5. The molecule has 3 aliphatic rings. The van der Waals surface area contributed by atoms with Crippen LogP contribution in [0, 0.1) is 17.8 Å². The van der Waals surface area contributed by atoms with Crippen molar-refractivity contribution in [2.45, 2.75) is 38.0 Å². The van der Waals surface area contributed by atoms with E-state index < -0.39 is 0 Å². The number of halogens is 1. The SMILES string of the molecule is O=C(Cc1ccc(OCC[C@@H]2C[C@@H]2C2CCN(c3ncc(Cl)cn3)CC2)cc1)N1CC(c2cccnc2)C1. The summed E-state index contributed by atoms with van der Waals surface area (Å²) in [4.78, 5) is 29.8. The Hall–Kier alpha value is -3.19. The van der Waals surface area contributed by atoms with Crippen LogP contribution in [0.3, 0.4) is 0 Å². The van der Waals surface area contributed by atoms with Crippen molar-refractivity contribution in [3.8, 4) is 5.75 Å². The van der Waals surface area contributed by atoms with Gasteiger partial charge in [-0.2, -0.15) is 0 Å². The second kappa shape index (κ2) is 11.3. The van der Waals surface area contributed by atoms with Gasteiger partial charge in [-0.25, -0.2) is 9.97 Å². The first-order chi connectivity index (χ1) is 18.6. The van der Waals surface area contributed by atoms with Crippen LogP contribution in [0.15, 0.2) is 61.2 Å². The van der Waals surface area contributed by atoms with E-state index in [9.17, 15) is 4.79 Å². The number of aromatic nitrogens is 3. The Kier molecular flexibility index (Phi) is 7.45. The molecular weight excluding hydrogens is 498 g/mol. The van der Waals surface area contributed by atoms with Gasteiger partial charge in [0, 0.05) is 44.5 Å². The summed E-state index contributed by atoms with van der Waals surface area (Å²) in [6, 6.07) is 12.1. The molecule has 0 bridgehead atoms. The maximum absolute atomic E-state index is 12.6. The Bertz CT molecular complexity index is 1210. The van der Waals surface area contributed by atoms with Gasteiger partial charge < -0.3 is 14.5 Å².